The van der Waals surface area contributed by atoms with Gasteiger partial charge in [-0.15, -0.1) is 0 Å². The molecule has 2 aliphatic heterocycles. The Morgan fingerprint density at radius 1 is 0.674 bits per heavy atom. The average Bonchev–Trinajstić information content (AvgIpc) is 3.09. The van der Waals surface area contributed by atoms with Crippen molar-refractivity contribution in [1.29, 1.82) is 0 Å². The van der Waals surface area contributed by atoms with E-state index in [9.17, 15) is 0 Å². The summed E-state index contributed by atoms with van der Waals surface area (Å²) in [5.41, 5.74) is 14.9. The minimum absolute atomic E-state index is 0.103. The highest BCUT2D eigenvalue weighted by molar-refractivity contribution is 6.11. The summed E-state index contributed by atoms with van der Waals surface area (Å²) in [4.78, 5) is 9.85. The van der Waals surface area contributed by atoms with Crippen LogP contribution in [0.5, 0.6) is 0 Å². The third-order valence-corrected chi connectivity index (χ3v) is 7.72. The van der Waals surface area contributed by atoms with Gasteiger partial charge in [-0.25, -0.2) is 4.99 Å². The van der Waals surface area contributed by atoms with E-state index in [1.165, 1.54) is 0 Å². The number of rotatable bonds is 6. The first-order valence-corrected chi connectivity index (χ1v) is 14.4. The zero-order valence-corrected chi connectivity index (χ0v) is 23.5. The third-order valence-electron chi connectivity index (χ3n) is 7.72. The second-order valence-electron chi connectivity index (χ2n) is 10.6. The summed E-state index contributed by atoms with van der Waals surface area (Å²) < 4.78 is 0. The summed E-state index contributed by atoms with van der Waals surface area (Å²) >= 11 is 0. The van der Waals surface area contributed by atoms with E-state index < -0.39 is 6.17 Å². The number of aliphatic imine (C=N–C) groups is 2. The van der Waals surface area contributed by atoms with Crippen molar-refractivity contribution in [2.24, 2.45) is 15.7 Å². The van der Waals surface area contributed by atoms with Gasteiger partial charge in [-0.05, 0) is 45.1 Å². The molecule has 0 spiro atoms. The molecule has 6 nitrogen and oxygen atoms in total. The third kappa shape index (κ3) is 5.69. The van der Waals surface area contributed by atoms with Crippen molar-refractivity contribution in [2.75, 3.05) is 0 Å². The zero-order chi connectivity index (χ0) is 29.0. The van der Waals surface area contributed by atoms with Crippen LogP contribution in [0.2, 0.25) is 0 Å². The molecule has 2 aliphatic rings. The molecule has 3 unspecified atom stereocenters. The first-order valence-electron chi connectivity index (χ1n) is 14.4. The number of hydrogen-bond donors (Lipinski definition) is 3. The fourth-order valence-corrected chi connectivity index (χ4v) is 5.47. The van der Waals surface area contributed by atoms with Crippen molar-refractivity contribution in [3.63, 3.8) is 0 Å². The minimum atomic E-state index is -0.477. The lowest BCUT2D eigenvalue weighted by Crippen LogP contribution is -2.43. The van der Waals surface area contributed by atoms with Crippen LogP contribution < -0.4 is 16.4 Å². The topological polar surface area (TPSA) is 88.9 Å². The van der Waals surface area contributed by atoms with E-state index in [4.69, 9.17) is 21.0 Å². The lowest BCUT2D eigenvalue weighted by atomic mass is 9.95. The molecule has 0 saturated heterocycles. The van der Waals surface area contributed by atoms with Gasteiger partial charge in [0.1, 0.15) is 6.17 Å². The van der Waals surface area contributed by atoms with Gasteiger partial charge in [-0.1, -0.05) is 145 Å². The molecule has 5 aromatic rings. The van der Waals surface area contributed by atoms with Crippen LogP contribution in [0.3, 0.4) is 0 Å². The van der Waals surface area contributed by atoms with Crippen LogP contribution in [0.25, 0.3) is 11.0 Å². The molecule has 3 atom stereocenters. The molecule has 7 rings (SSSR count). The van der Waals surface area contributed by atoms with Gasteiger partial charge >= 0.3 is 0 Å². The molecule has 0 radical (unpaired) electrons. The fraction of sp³-hybridized carbons (Fsp3) is 0.0811. The predicted octanol–water partition coefficient (Wildman–Crippen LogP) is 7.53. The molecule has 0 aliphatic carbocycles. The molecule has 43 heavy (non-hydrogen) atoms. The van der Waals surface area contributed by atoms with Gasteiger partial charge < -0.3 is 26.7 Å². The largest absolute Gasteiger partial charge is 0.453 e. The lowest BCUT2D eigenvalue weighted by Gasteiger charge is -2.36. The van der Waals surface area contributed by atoms with Crippen molar-refractivity contribution in [1.82, 2.24) is 10.6 Å². The highest BCUT2D eigenvalue weighted by atomic mass is 15.2. The van der Waals surface area contributed by atoms with Crippen LogP contribution in [0.4, 0.5) is 5.69 Å². The highest BCUT2D eigenvalue weighted by Gasteiger charge is 2.20. The Labute approximate surface area is 251 Å². The number of fused-ring (bicyclic) bond motifs is 1. The first-order chi connectivity index (χ1) is 21.2. The molecule has 0 fully saturated rings. The molecule has 2 heterocycles. The second kappa shape index (κ2) is 11.8. The SMILES string of the molecule is NC(NC1=NC(c2ccccc2)C=C(c2ccccc2)N1)c1ccc(C2=Nc3ccccc3C(c3ccccc3)[N-]2)cc1. The van der Waals surface area contributed by atoms with Gasteiger partial charge in [0.25, 0.3) is 0 Å². The summed E-state index contributed by atoms with van der Waals surface area (Å²) in [6, 6.07) is 47.0. The Kier molecular flexibility index (Phi) is 7.26. The number of hydrogen-bond acceptors (Lipinski definition) is 5. The Balaban J connectivity index is 1.12. The second-order valence-corrected chi connectivity index (χ2v) is 10.6. The molecule has 0 aromatic heterocycles. The van der Waals surface area contributed by atoms with E-state index in [1.54, 1.807) is 0 Å². The normalized spacial score (nSPS) is 18.1. The number of nitrogens with two attached hydrogens (primary N) is 1. The summed E-state index contributed by atoms with van der Waals surface area (Å²) in [5.74, 6) is 1.34. The summed E-state index contributed by atoms with van der Waals surface area (Å²) in [6.45, 7) is 0. The fourth-order valence-electron chi connectivity index (χ4n) is 5.47. The van der Waals surface area contributed by atoms with Gasteiger partial charge in [0.15, 0.2) is 5.96 Å². The van der Waals surface area contributed by atoms with Crippen LogP contribution >= 0.6 is 0 Å². The van der Waals surface area contributed by atoms with Crippen molar-refractivity contribution >= 4 is 23.2 Å². The van der Waals surface area contributed by atoms with E-state index in [-0.39, 0.29) is 12.1 Å². The lowest BCUT2D eigenvalue weighted by molar-refractivity contribution is 0.660. The molecule has 0 amide bonds. The number of guanidine groups is 1. The number of nitrogens with zero attached hydrogens (tertiary/aromatic N) is 3. The smallest absolute Gasteiger partial charge is 0.198 e. The van der Waals surface area contributed by atoms with Gasteiger partial charge in [0.2, 0.25) is 0 Å². The molecule has 5 aromatic carbocycles. The van der Waals surface area contributed by atoms with Crippen molar-refractivity contribution in [2.45, 2.75) is 18.2 Å². The van der Waals surface area contributed by atoms with E-state index in [0.29, 0.717) is 11.8 Å². The number of para-hydroxylation sites is 1. The average molecular weight is 560 g/mol. The van der Waals surface area contributed by atoms with Crippen molar-refractivity contribution in [3.8, 4) is 0 Å². The van der Waals surface area contributed by atoms with Crippen LogP contribution in [-0.2, 0) is 0 Å². The number of amidine groups is 1. The summed E-state index contributed by atoms with van der Waals surface area (Å²) in [5, 5.41) is 11.9. The molecular formula is C37H31N6-. The van der Waals surface area contributed by atoms with Gasteiger partial charge in [-0.3, -0.25) is 0 Å². The maximum absolute atomic E-state index is 6.68. The Morgan fingerprint density at radius 3 is 2.02 bits per heavy atom. The van der Waals surface area contributed by atoms with Crippen LogP contribution in [-0.4, -0.2) is 11.8 Å². The quantitative estimate of drug-likeness (QED) is 0.188. The van der Waals surface area contributed by atoms with Crippen LogP contribution in [0, 0.1) is 0 Å². The molecule has 0 saturated carbocycles. The zero-order valence-electron chi connectivity index (χ0n) is 23.5. The van der Waals surface area contributed by atoms with Crippen molar-refractivity contribution < 1.29 is 0 Å². The number of benzene rings is 5. The standard InChI is InChI=1S/C37H31N6/c38-35(43-37-40-32(25-12-4-1-5-13-25)24-33(41-37)26-14-6-2-7-15-26)28-20-22-29(23-21-28)36-39-31-19-11-10-18-30(31)34(42-36)27-16-8-3-9-17-27/h1-24,32,34-35H,38H2,(H2-,39,40,41,42,43)/q-1. The van der Waals surface area contributed by atoms with Crippen LogP contribution in [0.15, 0.2) is 156 Å². The van der Waals surface area contributed by atoms with Crippen molar-refractivity contribution in [3.05, 3.63) is 184 Å². The van der Waals surface area contributed by atoms with Gasteiger partial charge in [-0.2, -0.15) is 0 Å². The van der Waals surface area contributed by atoms with E-state index >= 15 is 0 Å². The Bertz CT molecular complexity index is 1800. The van der Waals surface area contributed by atoms with Gasteiger partial charge in [0, 0.05) is 11.7 Å². The monoisotopic (exact) mass is 559 g/mol. The maximum atomic E-state index is 6.68. The Hall–Kier alpha value is -5.46. The summed E-state index contributed by atoms with van der Waals surface area (Å²) in [6.07, 6.45) is 1.67. The molecule has 0 bridgehead atoms. The number of nitrogens with one attached hydrogen (secondary N) is 2. The molecule has 4 N–H and O–H groups in total. The Morgan fingerprint density at radius 2 is 1.30 bits per heavy atom. The minimum Gasteiger partial charge on any atom is -0.453 e. The predicted molar refractivity (Wildman–Crippen MR) is 175 cm³/mol. The van der Waals surface area contributed by atoms with E-state index in [0.717, 1.165) is 44.8 Å². The van der Waals surface area contributed by atoms with Crippen LogP contribution in [0.1, 0.15) is 51.6 Å². The molecular weight excluding hydrogens is 528 g/mol. The van der Waals surface area contributed by atoms with E-state index in [1.807, 2.05) is 97.1 Å². The first kappa shape index (κ1) is 26.4. The molecule has 6 heteroatoms. The maximum Gasteiger partial charge on any atom is 0.198 e. The van der Waals surface area contributed by atoms with E-state index in [2.05, 4.69) is 59.2 Å². The highest BCUT2D eigenvalue weighted by Crippen LogP contribution is 2.41. The summed E-state index contributed by atoms with van der Waals surface area (Å²) in [7, 11) is 0. The van der Waals surface area contributed by atoms with Gasteiger partial charge in [0.05, 0.1) is 6.04 Å². The molecule has 210 valence electrons.